The lowest BCUT2D eigenvalue weighted by Gasteiger charge is -2.26. The Hall–Kier alpha value is -0.310. The fraction of sp³-hybridized carbons (Fsp3) is 0.923. The zero-order valence-electron chi connectivity index (χ0n) is 10.3. The molecular formula is C13H24N2S. The summed E-state index contributed by atoms with van der Waals surface area (Å²) < 4.78 is 0. The third kappa shape index (κ3) is 3.34. The van der Waals surface area contributed by atoms with Crippen LogP contribution < -0.4 is 10.6 Å². The quantitative estimate of drug-likeness (QED) is 0.726. The molecule has 2 unspecified atom stereocenters. The summed E-state index contributed by atoms with van der Waals surface area (Å²) in [6, 6.07) is 1.24. The Balaban J connectivity index is 1.70. The van der Waals surface area contributed by atoms with Crippen molar-refractivity contribution >= 4 is 17.3 Å². The van der Waals surface area contributed by atoms with Crippen LogP contribution in [0.3, 0.4) is 0 Å². The molecule has 0 bridgehead atoms. The van der Waals surface area contributed by atoms with Gasteiger partial charge in [-0.25, -0.2) is 0 Å². The van der Waals surface area contributed by atoms with Crippen molar-refractivity contribution in [1.29, 1.82) is 0 Å². The summed E-state index contributed by atoms with van der Waals surface area (Å²) in [5.41, 5.74) is 0. The molecule has 2 aliphatic carbocycles. The maximum Gasteiger partial charge on any atom is 0.166 e. The van der Waals surface area contributed by atoms with Crippen LogP contribution in [0.25, 0.3) is 0 Å². The van der Waals surface area contributed by atoms with E-state index in [1.807, 2.05) is 0 Å². The maximum absolute atomic E-state index is 5.40. The van der Waals surface area contributed by atoms with E-state index in [2.05, 4.69) is 17.6 Å². The highest BCUT2D eigenvalue weighted by Crippen LogP contribution is 2.24. The molecule has 0 heterocycles. The summed E-state index contributed by atoms with van der Waals surface area (Å²) in [6.07, 6.45) is 10.7. The highest BCUT2D eigenvalue weighted by molar-refractivity contribution is 7.80. The smallest absolute Gasteiger partial charge is 0.166 e. The molecule has 2 N–H and O–H groups in total. The predicted octanol–water partition coefficient (Wildman–Crippen LogP) is 2.97. The Kier molecular flexibility index (Phi) is 4.45. The Morgan fingerprint density at radius 2 is 1.69 bits per heavy atom. The van der Waals surface area contributed by atoms with Crippen molar-refractivity contribution in [3.63, 3.8) is 0 Å². The van der Waals surface area contributed by atoms with Gasteiger partial charge >= 0.3 is 0 Å². The van der Waals surface area contributed by atoms with Gasteiger partial charge in [0.2, 0.25) is 0 Å². The first-order chi connectivity index (χ1) is 7.75. The van der Waals surface area contributed by atoms with Gasteiger partial charge in [0.15, 0.2) is 5.11 Å². The molecule has 16 heavy (non-hydrogen) atoms. The number of hydrogen-bond acceptors (Lipinski definition) is 1. The molecule has 0 aromatic heterocycles. The van der Waals surface area contributed by atoms with E-state index in [-0.39, 0.29) is 0 Å². The molecule has 0 radical (unpaired) electrons. The Morgan fingerprint density at radius 1 is 0.938 bits per heavy atom. The molecule has 92 valence electrons. The van der Waals surface area contributed by atoms with Crippen molar-refractivity contribution < 1.29 is 0 Å². The van der Waals surface area contributed by atoms with E-state index < -0.39 is 0 Å². The van der Waals surface area contributed by atoms with Gasteiger partial charge in [-0.3, -0.25) is 0 Å². The van der Waals surface area contributed by atoms with Crippen molar-refractivity contribution in [3.8, 4) is 0 Å². The van der Waals surface area contributed by atoms with Crippen LogP contribution in [0.4, 0.5) is 0 Å². The van der Waals surface area contributed by atoms with Gasteiger partial charge in [-0.2, -0.15) is 0 Å². The number of nitrogens with one attached hydrogen (secondary N) is 2. The molecule has 0 spiro atoms. The Morgan fingerprint density at radius 3 is 2.31 bits per heavy atom. The van der Waals surface area contributed by atoms with Crippen LogP contribution in [-0.2, 0) is 0 Å². The molecule has 2 nitrogen and oxygen atoms in total. The van der Waals surface area contributed by atoms with Crippen LogP contribution in [0, 0.1) is 5.92 Å². The van der Waals surface area contributed by atoms with Gasteiger partial charge in [0, 0.05) is 12.1 Å². The van der Waals surface area contributed by atoms with E-state index in [0.717, 1.165) is 11.0 Å². The van der Waals surface area contributed by atoms with Gasteiger partial charge in [-0.15, -0.1) is 0 Å². The third-order valence-electron chi connectivity index (χ3n) is 4.12. The molecule has 2 atom stereocenters. The fourth-order valence-electron chi connectivity index (χ4n) is 3.00. The van der Waals surface area contributed by atoms with Crippen molar-refractivity contribution in [2.45, 2.75) is 70.4 Å². The predicted molar refractivity (Wildman–Crippen MR) is 72.5 cm³/mol. The van der Waals surface area contributed by atoms with E-state index in [1.165, 1.54) is 51.4 Å². The summed E-state index contributed by atoms with van der Waals surface area (Å²) in [5.74, 6) is 0.783. The molecule has 2 rings (SSSR count). The second-order valence-corrected chi connectivity index (χ2v) is 5.88. The van der Waals surface area contributed by atoms with E-state index in [0.29, 0.717) is 12.1 Å². The van der Waals surface area contributed by atoms with Gasteiger partial charge < -0.3 is 10.6 Å². The second-order valence-electron chi connectivity index (χ2n) is 5.47. The molecule has 0 aromatic carbocycles. The Labute approximate surface area is 105 Å². The second kappa shape index (κ2) is 5.85. The van der Waals surface area contributed by atoms with E-state index in [4.69, 9.17) is 12.2 Å². The zero-order valence-corrected chi connectivity index (χ0v) is 11.1. The van der Waals surface area contributed by atoms with Crippen LogP contribution in [0.1, 0.15) is 58.3 Å². The number of rotatable bonds is 2. The van der Waals surface area contributed by atoms with Crippen LogP contribution in [0.5, 0.6) is 0 Å². The van der Waals surface area contributed by atoms with Gasteiger partial charge in [0.25, 0.3) is 0 Å². The number of thiocarbonyl (C=S) groups is 1. The summed E-state index contributed by atoms with van der Waals surface area (Å²) in [5, 5.41) is 7.88. The van der Waals surface area contributed by atoms with Crippen LogP contribution in [0.15, 0.2) is 0 Å². The molecule has 0 aliphatic heterocycles. The molecule has 2 aliphatic rings. The first-order valence-electron chi connectivity index (χ1n) is 6.83. The van der Waals surface area contributed by atoms with Crippen molar-refractivity contribution in [2.24, 2.45) is 5.92 Å². The highest BCUT2D eigenvalue weighted by Gasteiger charge is 2.24. The molecule has 0 amide bonds. The molecule has 0 aromatic rings. The molecule has 2 fully saturated rings. The molecule has 3 heteroatoms. The largest absolute Gasteiger partial charge is 0.360 e. The van der Waals surface area contributed by atoms with E-state index in [1.54, 1.807) is 0 Å². The van der Waals surface area contributed by atoms with Gasteiger partial charge in [0.1, 0.15) is 0 Å². The first kappa shape index (κ1) is 12.2. The normalized spacial score (nSPS) is 31.3. The summed E-state index contributed by atoms with van der Waals surface area (Å²) >= 11 is 5.40. The van der Waals surface area contributed by atoms with E-state index >= 15 is 0 Å². The Bertz CT molecular complexity index is 236. The minimum Gasteiger partial charge on any atom is -0.360 e. The minimum absolute atomic E-state index is 0.614. The minimum atomic E-state index is 0.614. The van der Waals surface area contributed by atoms with Crippen LogP contribution >= 0.6 is 12.2 Å². The maximum atomic E-state index is 5.40. The lowest BCUT2D eigenvalue weighted by molar-refractivity contribution is 0.406. The van der Waals surface area contributed by atoms with Crippen LogP contribution in [0.2, 0.25) is 0 Å². The monoisotopic (exact) mass is 240 g/mol. The van der Waals surface area contributed by atoms with Crippen LogP contribution in [-0.4, -0.2) is 17.2 Å². The van der Waals surface area contributed by atoms with Gasteiger partial charge in [-0.1, -0.05) is 32.6 Å². The summed E-state index contributed by atoms with van der Waals surface area (Å²) in [7, 11) is 0. The average Bonchev–Trinajstić information content (AvgIpc) is 2.66. The topological polar surface area (TPSA) is 24.1 Å². The van der Waals surface area contributed by atoms with E-state index in [9.17, 15) is 0 Å². The molecular weight excluding hydrogens is 216 g/mol. The molecule has 0 saturated heterocycles. The van der Waals surface area contributed by atoms with Crippen molar-refractivity contribution in [2.75, 3.05) is 0 Å². The molecule has 2 saturated carbocycles. The van der Waals surface area contributed by atoms with Gasteiger partial charge in [0.05, 0.1) is 0 Å². The van der Waals surface area contributed by atoms with Crippen molar-refractivity contribution in [1.82, 2.24) is 10.6 Å². The fourth-order valence-corrected chi connectivity index (χ4v) is 3.32. The van der Waals surface area contributed by atoms with Crippen molar-refractivity contribution in [3.05, 3.63) is 0 Å². The SMILES string of the molecule is CC1CCCC1NC(=S)NC1CCCCC1. The third-order valence-corrected chi connectivity index (χ3v) is 4.35. The average molecular weight is 240 g/mol. The summed E-state index contributed by atoms with van der Waals surface area (Å²) in [4.78, 5) is 0. The lowest BCUT2D eigenvalue weighted by Crippen LogP contribution is -2.47. The zero-order chi connectivity index (χ0) is 11.4. The highest BCUT2D eigenvalue weighted by atomic mass is 32.1. The standard InChI is InChI=1S/C13H24N2S/c1-10-6-5-9-12(10)15-13(16)14-11-7-3-2-4-8-11/h10-12H,2-9H2,1H3,(H2,14,15,16). The van der Waals surface area contributed by atoms with Gasteiger partial charge in [-0.05, 0) is 43.8 Å². The first-order valence-corrected chi connectivity index (χ1v) is 7.23. The lowest BCUT2D eigenvalue weighted by atomic mass is 9.96. The summed E-state index contributed by atoms with van der Waals surface area (Å²) in [6.45, 7) is 2.33. The number of hydrogen-bond donors (Lipinski definition) is 2.